The van der Waals surface area contributed by atoms with Crippen LogP contribution < -0.4 is 16.0 Å². The van der Waals surface area contributed by atoms with E-state index >= 15 is 0 Å². The minimum absolute atomic E-state index is 0.0419. The molecule has 3 N–H and O–H groups in total. The predicted octanol–water partition coefficient (Wildman–Crippen LogP) is 0.647. The molecule has 0 radical (unpaired) electrons. The molecule has 1 saturated heterocycles. The van der Waals surface area contributed by atoms with E-state index in [1.54, 1.807) is 0 Å². The molecule has 1 aliphatic rings. The van der Waals surface area contributed by atoms with Gasteiger partial charge in [-0.3, -0.25) is 4.79 Å². The molecule has 0 saturated carbocycles. The Balaban J connectivity index is 2.31. The SMILES string of the molecule is NC(=S)c1ccccc1N1CCCNC(=O)C1. The van der Waals surface area contributed by atoms with Crippen molar-refractivity contribution in [3.8, 4) is 0 Å². The van der Waals surface area contributed by atoms with Gasteiger partial charge in [0.15, 0.2) is 0 Å². The molecule has 5 heteroatoms. The van der Waals surface area contributed by atoms with Crippen molar-refractivity contribution in [2.75, 3.05) is 24.5 Å². The number of anilines is 1. The molecule has 1 aliphatic heterocycles. The third kappa shape index (κ3) is 2.74. The van der Waals surface area contributed by atoms with Crippen LogP contribution >= 0.6 is 12.2 Å². The van der Waals surface area contributed by atoms with Gasteiger partial charge in [-0.25, -0.2) is 0 Å². The molecule has 0 unspecified atom stereocenters. The third-order valence-electron chi connectivity index (χ3n) is 2.77. The lowest BCUT2D eigenvalue weighted by Crippen LogP contribution is -2.34. The van der Waals surface area contributed by atoms with E-state index < -0.39 is 0 Å². The van der Waals surface area contributed by atoms with Crippen LogP contribution in [0.25, 0.3) is 0 Å². The lowest BCUT2D eigenvalue weighted by Gasteiger charge is -2.23. The summed E-state index contributed by atoms with van der Waals surface area (Å²) >= 11 is 5.03. The van der Waals surface area contributed by atoms with Crippen LogP contribution in [0.1, 0.15) is 12.0 Å². The van der Waals surface area contributed by atoms with Crippen molar-refractivity contribution in [1.29, 1.82) is 0 Å². The Hall–Kier alpha value is -1.62. The molecular formula is C12H15N3OS. The number of carbonyl (C=O) groups excluding carboxylic acids is 1. The number of nitrogens with one attached hydrogen (secondary N) is 1. The van der Waals surface area contributed by atoms with Crippen molar-refractivity contribution in [3.05, 3.63) is 29.8 Å². The molecule has 1 aromatic carbocycles. The molecule has 1 aromatic rings. The molecule has 2 rings (SSSR count). The van der Waals surface area contributed by atoms with Gasteiger partial charge >= 0.3 is 0 Å². The predicted molar refractivity (Wildman–Crippen MR) is 72.2 cm³/mol. The summed E-state index contributed by atoms with van der Waals surface area (Å²) in [5.41, 5.74) is 7.47. The van der Waals surface area contributed by atoms with Gasteiger partial charge in [-0.2, -0.15) is 0 Å². The molecule has 0 aromatic heterocycles. The van der Waals surface area contributed by atoms with Gasteiger partial charge in [0.1, 0.15) is 4.99 Å². The number of para-hydroxylation sites is 1. The number of rotatable bonds is 2. The topological polar surface area (TPSA) is 58.4 Å². The van der Waals surface area contributed by atoms with Crippen molar-refractivity contribution in [2.24, 2.45) is 5.73 Å². The Morgan fingerprint density at radius 3 is 2.94 bits per heavy atom. The minimum Gasteiger partial charge on any atom is -0.389 e. The molecule has 0 atom stereocenters. The highest BCUT2D eigenvalue weighted by atomic mass is 32.1. The first-order valence-electron chi connectivity index (χ1n) is 5.59. The summed E-state index contributed by atoms with van der Waals surface area (Å²) in [5.74, 6) is 0.0419. The second-order valence-corrected chi connectivity index (χ2v) is 4.45. The monoisotopic (exact) mass is 249 g/mol. The van der Waals surface area contributed by atoms with Gasteiger partial charge in [0.2, 0.25) is 5.91 Å². The Morgan fingerprint density at radius 2 is 2.18 bits per heavy atom. The first-order chi connectivity index (χ1) is 8.18. The van der Waals surface area contributed by atoms with Gasteiger partial charge in [0, 0.05) is 24.3 Å². The maximum Gasteiger partial charge on any atom is 0.239 e. The lowest BCUT2D eigenvalue weighted by atomic mass is 10.1. The van der Waals surface area contributed by atoms with E-state index in [9.17, 15) is 4.79 Å². The highest BCUT2D eigenvalue weighted by Gasteiger charge is 2.17. The van der Waals surface area contributed by atoms with Gasteiger partial charge in [-0.1, -0.05) is 24.4 Å². The van der Waals surface area contributed by atoms with Gasteiger partial charge in [0.05, 0.1) is 6.54 Å². The van der Waals surface area contributed by atoms with Gasteiger partial charge in [-0.15, -0.1) is 0 Å². The van der Waals surface area contributed by atoms with E-state index in [4.69, 9.17) is 18.0 Å². The summed E-state index contributed by atoms with van der Waals surface area (Å²) in [6, 6.07) is 7.67. The lowest BCUT2D eigenvalue weighted by molar-refractivity contribution is -0.119. The van der Waals surface area contributed by atoms with Crippen LogP contribution in [0, 0.1) is 0 Å². The molecule has 90 valence electrons. The molecule has 4 nitrogen and oxygen atoms in total. The molecular weight excluding hydrogens is 234 g/mol. The van der Waals surface area contributed by atoms with E-state index in [1.165, 1.54) is 0 Å². The Labute approximate surface area is 106 Å². The van der Waals surface area contributed by atoms with E-state index in [0.717, 1.165) is 30.8 Å². The number of benzene rings is 1. The summed E-state index contributed by atoms with van der Waals surface area (Å²) in [4.78, 5) is 13.9. The smallest absolute Gasteiger partial charge is 0.239 e. The molecule has 17 heavy (non-hydrogen) atoms. The molecule has 1 fully saturated rings. The van der Waals surface area contributed by atoms with E-state index in [0.29, 0.717) is 11.5 Å². The van der Waals surface area contributed by atoms with Crippen LogP contribution in [0.3, 0.4) is 0 Å². The number of hydrogen-bond acceptors (Lipinski definition) is 3. The van der Waals surface area contributed by atoms with Crippen LogP contribution in [0.4, 0.5) is 5.69 Å². The first-order valence-corrected chi connectivity index (χ1v) is 6.00. The fourth-order valence-electron chi connectivity index (χ4n) is 1.97. The van der Waals surface area contributed by atoms with E-state index in [1.807, 2.05) is 29.2 Å². The summed E-state index contributed by atoms with van der Waals surface area (Å²) in [7, 11) is 0. The molecule has 1 amide bonds. The van der Waals surface area contributed by atoms with Crippen molar-refractivity contribution >= 4 is 28.8 Å². The van der Waals surface area contributed by atoms with Gasteiger partial charge in [-0.05, 0) is 18.6 Å². The highest BCUT2D eigenvalue weighted by molar-refractivity contribution is 7.80. The molecule has 0 spiro atoms. The Morgan fingerprint density at radius 1 is 1.41 bits per heavy atom. The summed E-state index contributed by atoms with van der Waals surface area (Å²) in [6.07, 6.45) is 0.928. The number of thiocarbonyl (C=S) groups is 1. The van der Waals surface area contributed by atoms with Crippen LogP contribution in [0.15, 0.2) is 24.3 Å². The quantitative estimate of drug-likeness (QED) is 0.756. The standard InChI is InChI=1S/C12H15N3OS/c13-12(17)9-4-1-2-5-10(9)15-7-3-6-14-11(16)8-15/h1-2,4-5H,3,6-8H2,(H2,13,17)(H,14,16). The number of carbonyl (C=O) groups is 1. The second-order valence-electron chi connectivity index (χ2n) is 4.01. The number of nitrogens with zero attached hydrogens (tertiary/aromatic N) is 1. The second kappa shape index (κ2) is 5.14. The van der Waals surface area contributed by atoms with Crippen LogP contribution in [0.5, 0.6) is 0 Å². The zero-order valence-corrected chi connectivity index (χ0v) is 10.3. The summed E-state index contributed by atoms with van der Waals surface area (Å²) in [5, 5.41) is 2.85. The zero-order chi connectivity index (χ0) is 12.3. The fraction of sp³-hybridized carbons (Fsp3) is 0.333. The van der Waals surface area contributed by atoms with Crippen LogP contribution in [0.2, 0.25) is 0 Å². The van der Waals surface area contributed by atoms with Crippen molar-refractivity contribution < 1.29 is 4.79 Å². The Kier molecular flexibility index (Phi) is 3.58. The average Bonchev–Trinajstić information content (AvgIpc) is 2.54. The van der Waals surface area contributed by atoms with Crippen molar-refractivity contribution in [1.82, 2.24) is 5.32 Å². The summed E-state index contributed by atoms with van der Waals surface area (Å²) < 4.78 is 0. The zero-order valence-electron chi connectivity index (χ0n) is 9.48. The van der Waals surface area contributed by atoms with Crippen LogP contribution in [-0.2, 0) is 4.79 Å². The average molecular weight is 249 g/mol. The van der Waals surface area contributed by atoms with E-state index in [2.05, 4.69) is 5.32 Å². The third-order valence-corrected chi connectivity index (χ3v) is 2.99. The normalized spacial score (nSPS) is 16.2. The molecule has 1 heterocycles. The van der Waals surface area contributed by atoms with Gasteiger partial charge < -0.3 is 16.0 Å². The fourth-order valence-corrected chi connectivity index (χ4v) is 2.14. The van der Waals surface area contributed by atoms with E-state index in [-0.39, 0.29) is 5.91 Å². The van der Waals surface area contributed by atoms with Crippen molar-refractivity contribution in [3.63, 3.8) is 0 Å². The Bertz CT molecular complexity index is 447. The minimum atomic E-state index is 0.0419. The number of nitrogens with two attached hydrogens (primary N) is 1. The first kappa shape index (κ1) is 11.9. The van der Waals surface area contributed by atoms with Crippen LogP contribution in [-0.4, -0.2) is 30.5 Å². The molecule has 0 bridgehead atoms. The largest absolute Gasteiger partial charge is 0.389 e. The molecule has 0 aliphatic carbocycles. The maximum atomic E-state index is 11.5. The van der Waals surface area contributed by atoms with Crippen molar-refractivity contribution in [2.45, 2.75) is 6.42 Å². The summed E-state index contributed by atoms with van der Waals surface area (Å²) in [6.45, 7) is 1.92. The number of amides is 1. The highest BCUT2D eigenvalue weighted by Crippen LogP contribution is 2.21. The number of hydrogen-bond donors (Lipinski definition) is 2. The maximum absolute atomic E-state index is 11.5. The van der Waals surface area contributed by atoms with Gasteiger partial charge in [0.25, 0.3) is 0 Å².